The van der Waals surface area contributed by atoms with Gasteiger partial charge in [-0.05, 0) is 74.6 Å². The number of thiophene rings is 1. The number of carbonyl (C=O) groups is 1. The van der Waals surface area contributed by atoms with Crippen LogP contribution in [0.25, 0.3) is 0 Å². The van der Waals surface area contributed by atoms with Crippen LogP contribution in [-0.2, 0) is 24.2 Å². The number of benzene rings is 1. The molecule has 2 unspecified atom stereocenters. The molecule has 2 heterocycles. The maximum atomic E-state index is 12.9. The molecule has 0 aliphatic heterocycles. The average Bonchev–Trinajstić information content (AvgIpc) is 3.44. The Bertz CT molecular complexity index is 1370. The molecule has 2 atom stereocenters. The minimum Gasteiger partial charge on any atom is -0.481 e. The van der Waals surface area contributed by atoms with Gasteiger partial charge in [0.1, 0.15) is 16.8 Å². The lowest BCUT2D eigenvalue weighted by Crippen LogP contribution is -2.26. The Morgan fingerprint density at radius 1 is 1.39 bits per heavy atom. The van der Waals surface area contributed by atoms with Crippen molar-refractivity contribution in [2.75, 3.05) is 11.1 Å². The van der Waals surface area contributed by atoms with Gasteiger partial charge in [0.15, 0.2) is 17.1 Å². The van der Waals surface area contributed by atoms with Gasteiger partial charge in [-0.15, -0.1) is 21.5 Å². The summed E-state index contributed by atoms with van der Waals surface area (Å²) in [5.74, 6) is 1.83. The van der Waals surface area contributed by atoms with E-state index in [1.807, 2.05) is 43.5 Å². The molecule has 1 amide bonds. The highest BCUT2D eigenvalue weighted by Gasteiger charge is 2.32. The number of hydrogen-bond acceptors (Lipinski definition) is 7. The van der Waals surface area contributed by atoms with E-state index in [9.17, 15) is 10.1 Å². The number of nitrogens with zero attached hydrogens (tertiary/aromatic N) is 4. The minimum atomic E-state index is -0.377. The first kappa shape index (κ1) is 28.5. The second kappa shape index (κ2) is 11.7. The van der Waals surface area contributed by atoms with E-state index in [1.165, 1.54) is 16.6 Å². The number of anilines is 1. The second-order valence-electron chi connectivity index (χ2n) is 10.7. The Morgan fingerprint density at radius 2 is 2.16 bits per heavy atom. The highest BCUT2D eigenvalue weighted by molar-refractivity contribution is 7.99. The lowest BCUT2D eigenvalue weighted by atomic mass is 9.72. The van der Waals surface area contributed by atoms with E-state index in [-0.39, 0.29) is 23.2 Å². The van der Waals surface area contributed by atoms with Crippen LogP contribution < -0.4 is 10.1 Å². The summed E-state index contributed by atoms with van der Waals surface area (Å²) < 4.78 is 8.04. The SMILES string of the molecule is CCn1c(SCC(=O)Nc2sc3c(c2C#N)CCC(C(C)(C)C)C3)nnc1C(C)Oc1cc(C)ccc1Cl. The van der Waals surface area contributed by atoms with Crippen LogP contribution in [-0.4, -0.2) is 26.4 Å². The number of nitrogens with one attached hydrogen (secondary N) is 1. The van der Waals surface area contributed by atoms with Gasteiger partial charge in [0.2, 0.25) is 5.91 Å². The fourth-order valence-corrected chi connectivity index (χ4v) is 7.04. The number of carbonyl (C=O) groups excluding carboxylic acids is 1. The van der Waals surface area contributed by atoms with E-state index in [1.54, 1.807) is 11.3 Å². The average molecular weight is 572 g/mol. The van der Waals surface area contributed by atoms with Crippen molar-refractivity contribution in [2.24, 2.45) is 11.3 Å². The lowest BCUT2D eigenvalue weighted by Gasteiger charge is -2.33. The van der Waals surface area contributed by atoms with Crippen molar-refractivity contribution < 1.29 is 9.53 Å². The van der Waals surface area contributed by atoms with E-state index < -0.39 is 0 Å². The number of rotatable bonds is 8. The van der Waals surface area contributed by atoms with Gasteiger partial charge in [-0.1, -0.05) is 50.2 Å². The number of halogens is 1. The second-order valence-corrected chi connectivity index (χ2v) is 13.2. The van der Waals surface area contributed by atoms with Crippen LogP contribution in [0.1, 0.15) is 74.5 Å². The van der Waals surface area contributed by atoms with Crippen LogP contribution in [0.4, 0.5) is 5.00 Å². The van der Waals surface area contributed by atoms with Gasteiger partial charge in [0, 0.05) is 11.4 Å². The Kier molecular flexibility index (Phi) is 8.75. The van der Waals surface area contributed by atoms with Gasteiger partial charge in [-0.2, -0.15) is 5.26 Å². The van der Waals surface area contributed by atoms with Crippen molar-refractivity contribution in [3.63, 3.8) is 0 Å². The summed E-state index contributed by atoms with van der Waals surface area (Å²) >= 11 is 9.17. The third-order valence-electron chi connectivity index (χ3n) is 7.00. The Morgan fingerprint density at radius 3 is 2.84 bits per heavy atom. The summed E-state index contributed by atoms with van der Waals surface area (Å²) in [5.41, 5.74) is 3.00. The summed E-state index contributed by atoms with van der Waals surface area (Å²) in [6, 6.07) is 7.98. The number of nitriles is 1. The smallest absolute Gasteiger partial charge is 0.235 e. The molecule has 202 valence electrons. The van der Waals surface area contributed by atoms with E-state index >= 15 is 0 Å². The number of aromatic nitrogens is 3. The minimum absolute atomic E-state index is 0.162. The highest BCUT2D eigenvalue weighted by Crippen LogP contribution is 2.44. The normalized spacial score (nSPS) is 16.0. The quantitative estimate of drug-likeness (QED) is 0.287. The molecule has 0 bridgehead atoms. The first-order valence-electron chi connectivity index (χ1n) is 12.8. The van der Waals surface area contributed by atoms with Crippen LogP contribution >= 0.6 is 34.7 Å². The molecule has 0 fully saturated rings. The molecule has 0 radical (unpaired) electrons. The molecule has 2 aromatic heterocycles. The van der Waals surface area contributed by atoms with Gasteiger partial charge in [-0.25, -0.2) is 0 Å². The number of hydrogen-bond donors (Lipinski definition) is 1. The van der Waals surface area contributed by atoms with Crippen LogP contribution in [0.15, 0.2) is 23.4 Å². The predicted octanol–water partition coefficient (Wildman–Crippen LogP) is 7.21. The summed E-state index contributed by atoms with van der Waals surface area (Å²) in [5, 5.41) is 23.3. The molecular weight excluding hydrogens is 538 g/mol. The van der Waals surface area contributed by atoms with Crippen molar-refractivity contribution in [2.45, 2.75) is 78.6 Å². The topological polar surface area (TPSA) is 92.8 Å². The molecule has 1 aliphatic rings. The zero-order chi connectivity index (χ0) is 27.6. The van der Waals surface area contributed by atoms with Crippen LogP contribution in [0.3, 0.4) is 0 Å². The fourth-order valence-electron chi connectivity index (χ4n) is 4.77. The molecule has 0 spiro atoms. The number of aryl methyl sites for hydroxylation is 1. The molecule has 0 saturated carbocycles. The Labute approximate surface area is 237 Å². The van der Waals surface area contributed by atoms with Crippen LogP contribution in [0.5, 0.6) is 5.75 Å². The maximum absolute atomic E-state index is 12.9. The molecule has 1 aromatic carbocycles. The van der Waals surface area contributed by atoms with Crippen molar-refractivity contribution in [1.29, 1.82) is 5.26 Å². The number of thioether (sulfide) groups is 1. The van der Waals surface area contributed by atoms with Gasteiger partial charge in [0.05, 0.1) is 16.3 Å². The van der Waals surface area contributed by atoms with E-state index in [0.717, 1.165) is 30.4 Å². The monoisotopic (exact) mass is 571 g/mol. The Balaban J connectivity index is 1.42. The molecule has 10 heteroatoms. The molecule has 38 heavy (non-hydrogen) atoms. The first-order chi connectivity index (χ1) is 18.0. The largest absolute Gasteiger partial charge is 0.481 e. The molecule has 7 nitrogen and oxygen atoms in total. The molecule has 0 saturated heterocycles. The van der Waals surface area contributed by atoms with Gasteiger partial charge >= 0.3 is 0 Å². The number of fused-ring (bicyclic) bond motifs is 1. The van der Waals surface area contributed by atoms with Gasteiger partial charge in [-0.3, -0.25) is 4.79 Å². The number of amides is 1. The zero-order valence-electron chi connectivity index (χ0n) is 22.7. The van der Waals surface area contributed by atoms with Crippen LogP contribution in [0, 0.1) is 29.6 Å². The third kappa shape index (κ3) is 6.19. The molecular formula is C28H34ClN5O2S2. The van der Waals surface area contributed by atoms with Gasteiger partial charge < -0.3 is 14.6 Å². The van der Waals surface area contributed by atoms with Crippen molar-refractivity contribution in [1.82, 2.24) is 14.8 Å². The Hall–Kier alpha value is -2.54. The summed E-state index contributed by atoms with van der Waals surface area (Å²) in [4.78, 5) is 14.1. The first-order valence-corrected chi connectivity index (χ1v) is 15.0. The summed E-state index contributed by atoms with van der Waals surface area (Å²) in [7, 11) is 0. The van der Waals surface area contributed by atoms with Crippen LogP contribution in [0.2, 0.25) is 5.02 Å². The fraction of sp³-hybridized carbons (Fsp3) is 0.500. The lowest BCUT2D eigenvalue weighted by molar-refractivity contribution is -0.113. The third-order valence-corrected chi connectivity index (χ3v) is 9.45. The summed E-state index contributed by atoms with van der Waals surface area (Å²) in [6.45, 7) is 13.3. The van der Waals surface area contributed by atoms with Gasteiger partial charge in [0.25, 0.3) is 0 Å². The molecule has 1 N–H and O–H groups in total. The van der Waals surface area contributed by atoms with Crippen molar-refractivity contribution in [3.05, 3.63) is 50.6 Å². The van der Waals surface area contributed by atoms with E-state index in [2.05, 4.69) is 42.4 Å². The van der Waals surface area contributed by atoms with E-state index in [4.69, 9.17) is 16.3 Å². The van der Waals surface area contributed by atoms with Crippen molar-refractivity contribution in [3.8, 4) is 11.8 Å². The highest BCUT2D eigenvalue weighted by atomic mass is 35.5. The standard InChI is InChI=1S/C28H34ClN5O2S2/c1-7-34-25(17(3)36-22-12-16(2)8-11-21(22)29)32-33-27(34)37-15-24(35)31-26-20(14-30)19-10-9-18(28(4,5)6)13-23(19)38-26/h8,11-12,17-18H,7,9-10,13,15H2,1-6H3,(H,31,35). The zero-order valence-corrected chi connectivity index (χ0v) is 25.1. The maximum Gasteiger partial charge on any atom is 0.235 e. The molecule has 3 aromatic rings. The number of ether oxygens (including phenoxy) is 1. The van der Waals surface area contributed by atoms with E-state index in [0.29, 0.717) is 44.8 Å². The molecule has 4 rings (SSSR count). The predicted molar refractivity (Wildman–Crippen MR) is 154 cm³/mol. The van der Waals surface area contributed by atoms with Crippen molar-refractivity contribution >= 4 is 45.6 Å². The molecule has 1 aliphatic carbocycles. The summed E-state index contributed by atoms with van der Waals surface area (Å²) in [6.07, 6.45) is 2.53.